The van der Waals surface area contributed by atoms with Crippen molar-refractivity contribution in [2.24, 2.45) is 0 Å². The molecule has 1 heterocycles. The number of hydrogen-bond acceptors (Lipinski definition) is 4. The molecule has 1 aromatic heterocycles. The van der Waals surface area contributed by atoms with Gasteiger partial charge in [0.15, 0.2) is 4.47 Å². The summed E-state index contributed by atoms with van der Waals surface area (Å²) in [6, 6.07) is 3.88. The normalized spacial score (nSPS) is 14.9. The number of hydrogen-bond donors (Lipinski definition) is 1. The van der Waals surface area contributed by atoms with Crippen LogP contribution in [0.15, 0.2) is 23.6 Å². The van der Waals surface area contributed by atoms with E-state index in [-0.39, 0.29) is 5.02 Å². The van der Waals surface area contributed by atoms with Crippen LogP contribution in [0.2, 0.25) is 9.49 Å². The molecule has 2 atom stereocenters. The predicted molar refractivity (Wildman–Crippen MR) is 91.4 cm³/mol. The number of thiazole rings is 1. The number of halogens is 3. The highest BCUT2D eigenvalue weighted by Crippen LogP contribution is 2.30. The third-order valence-electron chi connectivity index (χ3n) is 2.85. The third kappa shape index (κ3) is 4.34. The van der Waals surface area contributed by atoms with Gasteiger partial charge in [-0.25, -0.2) is 9.37 Å². The molecule has 1 aromatic carbocycles. The fraction of sp³-hybridized carbons (Fsp3) is 0.357. The minimum absolute atomic E-state index is 0.00664. The van der Waals surface area contributed by atoms with Gasteiger partial charge in [0, 0.05) is 16.7 Å². The Bertz CT molecular complexity index is 661. The fourth-order valence-corrected chi connectivity index (χ4v) is 3.48. The molecule has 0 saturated carbocycles. The van der Waals surface area contributed by atoms with Gasteiger partial charge in [-0.15, -0.1) is 16.1 Å². The Hall–Kier alpha value is -0.370. The molecule has 0 aliphatic carbocycles. The molecule has 0 amide bonds. The van der Waals surface area contributed by atoms with E-state index in [2.05, 4.69) is 9.71 Å². The molecule has 8 heteroatoms. The highest BCUT2D eigenvalue weighted by molar-refractivity contribution is 7.90. The molecule has 0 fully saturated rings. The Morgan fingerprint density at radius 2 is 2.05 bits per heavy atom. The molecule has 0 unspecified atom stereocenters. The van der Waals surface area contributed by atoms with E-state index in [1.165, 1.54) is 23.5 Å². The Morgan fingerprint density at radius 1 is 1.36 bits per heavy atom. The lowest BCUT2D eigenvalue weighted by atomic mass is 10.1. The summed E-state index contributed by atoms with van der Waals surface area (Å²) < 4.78 is 28.7. The van der Waals surface area contributed by atoms with Crippen LogP contribution in [0.1, 0.15) is 38.1 Å². The molecule has 0 radical (unpaired) electrons. The van der Waals surface area contributed by atoms with Gasteiger partial charge in [-0.3, -0.25) is 0 Å². The van der Waals surface area contributed by atoms with Crippen molar-refractivity contribution in [3.63, 3.8) is 0 Å². The zero-order valence-corrected chi connectivity index (χ0v) is 15.3. The smallest absolute Gasteiger partial charge is 0.183 e. The SMILES string of the molecule is CC(C)(C)[S@@+]([O-])N[C@H](c1ccc(F)c(Cl)c1)c1csc(Cl)n1. The maximum atomic E-state index is 13.4. The highest BCUT2D eigenvalue weighted by Gasteiger charge is 2.31. The van der Waals surface area contributed by atoms with Gasteiger partial charge in [0.05, 0.1) is 10.7 Å². The van der Waals surface area contributed by atoms with Crippen LogP contribution < -0.4 is 4.72 Å². The summed E-state index contributed by atoms with van der Waals surface area (Å²) in [5.74, 6) is -0.502. The van der Waals surface area contributed by atoms with E-state index in [4.69, 9.17) is 23.2 Å². The molecule has 3 nitrogen and oxygen atoms in total. The van der Waals surface area contributed by atoms with Crippen molar-refractivity contribution >= 4 is 45.9 Å². The number of nitrogens with zero attached hydrogens (tertiary/aromatic N) is 1. The van der Waals surface area contributed by atoms with E-state index < -0.39 is 28.0 Å². The Labute approximate surface area is 146 Å². The van der Waals surface area contributed by atoms with Crippen molar-refractivity contribution in [2.45, 2.75) is 31.6 Å². The van der Waals surface area contributed by atoms with E-state index >= 15 is 0 Å². The lowest BCUT2D eigenvalue weighted by Crippen LogP contribution is -2.41. The van der Waals surface area contributed by atoms with Gasteiger partial charge in [-0.05, 0) is 38.5 Å². The van der Waals surface area contributed by atoms with Crippen molar-refractivity contribution in [3.8, 4) is 0 Å². The average Bonchev–Trinajstić information content (AvgIpc) is 2.84. The first-order chi connectivity index (χ1) is 10.2. The van der Waals surface area contributed by atoms with E-state index in [0.29, 0.717) is 15.7 Å². The van der Waals surface area contributed by atoms with E-state index in [9.17, 15) is 8.94 Å². The summed E-state index contributed by atoms with van der Waals surface area (Å²) in [7, 11) is 0. The molecule has 0 saturated heterocycles. The number of benzene rings is 1. The van der Waals surface area contributed by atoms with Gasteiger partial charge in [-0.1, -0.05) is 29.3 Å². The maximum Gasteiger partial charge on any atom is 0.183 e. The first kappa shape index (κ1) is 18.0. The molecular weight excluding hydrogens is 366 g/mol. The van der Waals surface area contributed by atoms with Crippen molar-refractivity contribution in [3.05, 3.63) is 50.1 Å². The van der Waals surface area contributed by atoms with Crippen LogP contribution >= 0.6 is 34.5 Å². The fourth-order valence-electron chi connectivity index (χ4n) is 1.67. The zero-order valence-electron chi connectivity index (χ0n) is 12.2. The van der Waals surface area contributed by atoms with Crippen molar-refractivity contribution < 1.29 is 8.94 Å². The highest BCUT2D eigenvalue weighted by atomic mass is 35.5. The van der Waals surface area contributed by atoms with E-state index in [1.807, 2.05) is 20.8 Å². The Morgan fingerprint density at radius 3 is 2.55 bits per heavy atom. The van der Waals surface area contributed by atoms with Gasteiger partial charge in [0.2, 0.25) is 0 Å². The van der Waals surface area contributed by atoms with Gasteiger partial charge in [-0.2, -0.15) is 0 Å². The van der Waals surface area contributed by atoms with Crippen molar-refractivity contribution in [1.29, 1.82) is 0 Å². The van der Waals surface area contributed by atoms with Gasteiger partial charge >= 0.3 is 0 Å². The van der Waals surface area contributed by atoms with Crippen molar-refractivity contribution in [1.82, 2.24) is 9.71 Å². The molecular formula is C14H15Cl2FN2OS2. The second-order valence-electron chi connectivity index (χ2n) is 5.63. The predicted octanol–water partition coefficient (Wildman–Crippen LogP) is 4.73. The summed E-state index contributed by atoms with van der Waals surface area (Å²) in [4.78, 5) is 4.22. The lowest BCUT2D eigenvalue weighted by Gasteiger charge is -2.27. The minimum Gasteiger partial charge on any atom is -0.598 e. The topological polar surface area (TPSA) is 48.0 Å². The standard InChI is InChI=1S/C14H15Cl2FN2OS2/c1-14(2,3)22(20)19-12(11-7-21-13(16)18-11)8-4-5-10(17)9(15)6-8/h4-7,12,19H,1-3H3/t12-,22-/m1/s1. The largest absolute Gasteiger partial charge is 0.598 e. The van der Waals surface area contributed by atoms with Gasteiger partial charge in [0.25, 0.3) is 0 Å². The quantitative estimate of drug-likeness (QED) is 0.779. The lowest BCUT2D eigenvalue weighted by molar-refractivity contribution is 0.534. The van der Waals surface area contributed by atoms with Crippen LogP contribution in [0.25, 0.3) is 0 Å². The van der Waals surface area contributed by atoms with Gasteiger partial charge < -0.3 is 4.55 Å². The maximum absolute atomic E-state index is 13.4. The summed E-state index contributed by atoms with van der Waals surface area (Å²) >= 11 is 11.7. The molecule has 0 aliphatic heterocycles. The Balaban J connectivity index is 2.39. The molecule has 0 spiro atoms. The third-order valence-corrected chi connectivity index (χ3v) is 5.70. The van der Waals surface area contributed by atoms with Gasteiger partial charge in [0.1, 0.15) is 16.6 Å². The average molecular weight is 381 g/mol. The molecule has 2 rings (SSSR count). The first-order valence-corrected chi connectivity index (χ1v) is 9.21. The summed E-state index contributed by atoms with van der Waals surface area (Å²) in [5.41, 5.74) is 1.29. The van der Waals surface area contributed by atoms with Crippen LogP contribution in [0, 0.1) is 5.82 Å². The zero-order chi connectivity index (χ0) is 16.5. The van der Waals surface area contributed by atoms with E-state index in [1.54, 1.807) is 11.4 Å². The molecule has 2 aromatic rings. The minimum atomic E-state index is -1.34. The number of rotatable bonds is 4. The van der Waals surface area contributed by atoms with Crippen LogP contribution in [0.3, 0.4) is 0 Å². The van der Waals surface area contributed by atoms with Crippen LogP contribution in [0.5, 0.6) is 0 Å². The molecule has 120 valence electrons. The van der Waals surface area contributed by atoms with Crippen molar-refractivity contribution in [2.75, 3.05) is 0 Å². The first-order valence-electron chi connectivity index (χ1n) is 6.42. The number of aromatic nitrogens is 1. The second-order valence-corrected chi connectivity index (χ2v) is 9.48. The molecule has 22 heavy (non-hydrogen) atoms. The monoisotopic (exact) mass is 380 g/mol. The molecule has 0 bridgehead atoms. The van der Waals surface area contributed by atoms with E-state index in [0.717, 1.165) is 0 Å². The summed E-state index contributed by atoms with van der Waals surface area (Å²) in [6.45, 7) is 5.58. The number of nitrogens with one attached hydrogen (secondary N) is 1. The summed E-state index contributed by atoms with van der Waals surface area (Å²) in [6.07, 6.45) is 0. The van der Waals surface area contributed by atoms with Crippen LogP contribution in [0.4, 0.5) is 4.39 Å². The van der Waals surface area contributed by atoms with Crippen LogP contribution in [-0.4, -0.2) is 14.3 Å². The Kier molecular flexibility index (Phi) is 5.74. The second kappa shape index (κ2) is 7.03. The molecule has 1 N–H and O–H groups in total. The van der Waals surface area contributed by atoms with Crippen LogP contribution in [-0.2, 0) is 11.4 Å². The summed E-state index contributed by atoms with van der Waals surface area (Å²) in [5, 5.41) is 1.78. The molecule has 0 aliphatic rings.